The Morgan fingerprint density at radius 2 is 2.00 bits per heavy atom. The van der Waals surface area contributed by atoms with Crippen LogP contribution in [-0.4, -0.2) is 12.1 Å². The first-order valence-electron chi connectivity index (χ1n) is 6.81. The lowest BCUT2D eigenvalue weighted by atomic mass is 10.1. The minimum absolute atomic E-state index is 0.556. The minimum atomic E-state index is 0.556. The largest absolute Gasteiger partial charge is 0.496 e. The van der Waals surface area contributed by atoms with E-state index in [2.05, 4.69) is 16.4 Å². The number of methoxy groups -OCH3 is 1. The molecule has 4 heteroatoms. The fraction of sp³-hybridized carbons (Fsp3) is 0.294. The van der Waals surface area contributed by atoms with Gasteiger partial charge in [0.15, 0.2) is 0 Å². The Morgan fingerprint density at radius 3 is 2.67 bits per heavy atom. The van der Waals surface area contributed by atoms with Crippen LogP contribution >= 0.6 is 0 Å². The van der Waals surface area contributed by atoms with Crippen LogP contribution in [0.4, 0.5) is 5.69 Å². The number of benzene rings is 1. The zero-order valence-corrected chi connectivity index (χ0v) is 12.8. The SMILES string of the molecule is COc1c(C)cnc(CNc2cccc(C)c2C#N)c1C. The van der Waals surface area contributed by atoms with Crippen molar-refractivity contribution in [1.29, 1.82) is 5.26 Å². The maximum atomic E-state index is 9.24. The van der Waals surface area contributed by atoms with E-state index in [9.17, 15) is 5.26 Å². The van der Waals surface area contributed by atoms with Gasteiger partial charge in [-0.05, 0) is 32.4 Å². The van der Waals surface area contributed by atoms with Crippen molar-refractivity contribution in [1.82, 2.24) is 4.98 Å². The number of ether oxygens (including phenoxy) is 1. The van der Waals surface area contributed by atoms with Crippen LogP contribution in [0.3, 0.4) is 0 Å². The summed E-state index contributed by atoms with van der Waals surface area (Å²) in [5.74, 6) is 0.867. The Morgan fingerprint density at radius 1 is 1.24 bits per heavy atom. The highest BCUT2D eigenvalue weighted by Gasteiger charge is 2.10. The van der Waals surface area contributed by atoms with Crippen LogP contribution in [0, 0.1) is 32.1 Å². The van der Waals surface area contributed by atoms with Crippen molar-refractivity contribution < 1.29 is 4.74 Å². The van der Waals surface area contributed by atoms with E-state index in [1.165, 1.54) is 0 Å². The predicted molar refractivity (Wildman–Crippen MR) is 83.5 cm³/mol. The molecule has 0 unspecified atom stereocenters. The molecule has 0 saturated heterocycles. The molecule has 4 nitrogen and oxygen atoms in total. The van der Waals surface area contributed by atoms with Gasteiger partial charge in [0.2, 0.25) is 0 Å². The number of aromatic nitrogens is 1. The number of nitrogens with zero attached hydrogens (tertiary/aromatic N) is 2. The van der Waals surface area contributed by atoms with E-state index in [1.807, 2.05) is 45.2 Å². The van der Waals surface area contributed by atoms with Gasteiger partial charge in [-0.15, -0.1) is 0 Å². The average molecular weight is 281 g/mol. The van der Waals surface area contributed by atoms with E-state index in [4.69, 9.17) is 4.74 Å². The van der Waals surface area contributed by atoms with Gasteiger partial charge in [-0.1, -0.05) is 12.1 Å². The molecule has 0 spiro atoms. The molecule has 1 N–H and O–H groups in total. The summed E-state index contributed by atoms with van der Waals surface area (Å²) in [7, 11) is 1.67. The standard InChI is InChI=1S/C17H19N3O/c1-11-6-5-7-15(14(11)8-18)20-10-16-13(3)17(21-4)12(2)9-19-16/h5-7,9,20H,10H2,1-4H3. The lowest BCUT2D eigenvalue weighted by Gasteiger charge is -2.14. The molecule has 108 valence electrons. The van der Waals surface area contributed by atoms with Crippen LogP contribution in [0.1, 0.15) is 27.9 Å². The Balaban J connectivity index is 2.26. The van der Waals surface area contributed by atoms with Gasteiger partial charge in [-0.2, -0.15) is 5.26 Å². The fourth-order valence-corrected chi connectivity index (χ4v) is 2.39. The van der Waals surface area contributed by atoms with Crippen LogP contribution in [0.5, 0.6) is 5.75 Å². The van der Waals surface area contributed by atoms with Crippen molar-refractivity contribution in [3.05, 3.63) is 52.3 Å². The number of aryl methyl sites for hydroxylation is 2. The van der Waals surface area contributed by atoms with Gasteiger partial charge in [0.05, 0.1) is 30.6 Å². The summed E-state index contributed by atoms with van der Waals surface area (Å²) in [6, 6.07) is 8.02. The third-order valence-corrected chi connectivity index (χ3v) is 3.58. The molecule has 0 saturated carbocycles. The third-order valence-electron chi connectivity index (χ3n) is 3.58. The third kappa shape index (κ3) is 2.97. The molecule has 0 aliphatic rings. The summed E-state index contributed by atoms with van der Waals surface area (Å²) in [5, 5.41) is 12.5. The van der Waals surface area contributed by atoms with E-state index < -0.39 is 0 Å². The normalized spacial score (nSPS) is 10.0. The number of nitriles is 1. The zero-order chi connectivity index (χ0) is 15.4. The number of anilines is 1. The van der Waals surface area contributed by atoms with Crippen molar-refractivity contribution in [3.63, 3.8) is 0 Å². The van der Waals surface area contributed by atoms with Crippen molar-refractivity contribution >= 4 is 5.69 Å². The van der Waals surface area contributed by atoms with Gasteiger partial charge in [0.25, 0.3) is 0 Å². The van der Waals surface area contributed by atoms with E-state index in [0.29, 0.717) is 12.1 Å². The number of hydrogen-bond donors (Lipinski definition) is 1. The second-order valence-electron chi connectivity index (χ2n) is 5.01. The van der Waals surface area contributed by atoms with Crippen molar-refractivity contribution in [2.24, 2.45) is 0 Å². The summed E-state index contributed by atoms with van der Waals surface area (Å²) in [5.41, 5.74) is 5.44. The smallest absolute Gasteiger partial charge is 0.128 e. The van der Waals surface area contributed by atoms with Crippen molar-refractivity contribution in [2.45, 2.75) is 27.3 Å². The molecule has 2 aromatic rings. The molecule has 1 heterocycles. The van der Waals surface area contributed by atoms with E-state index in [-0.39, 0.29) is 0 Å². The van der Waals surface area contributed by atoms with Gasteiger partial charge in [0.1, 0.15) is 11.8 Å². The van der Waals surface area contributed by atoms with Gasteiger partial charge < -0.3 is 10.1 Å². The topological polar surface area (TPSA) is 57.9 Å². The number of hydrogen-bond acceptors (Lipinski definition) is 4. The molecular formula is C17H19N3O. The molecule has 1 aromatic carbocycles. The van der Waals surface area contributed by atoms with Gasteiger partial charge in [0, 0.05) is 17.3 Å². The molecule has 0 fully saturated rings. The maximum Gasteiger partial charge on any atom is 0.128 e. The van der Waals surface area contributed by atoms with Crippen LogP contribution in [-0.2, 0) is 6.54 Å². The first-order chi connectivity index (χ1) is 10.1. The highest BCUT2D eigenvalue weighted by Crippen LogP contribution is 2.25. The summed E-state index contributed by atoms with van der Waals surface area (Å²) in [6.45, 7) is 6.46. The predicted octanol–water partition coefficient (Wildman–Crippen LogP) is 3.50. The van der Waals surface area contributed by atoms with Crippen molar-refractivity contribution in [3.8, 4) is 11.8 Å². The van der Waals surface area contributed by atoms with Gasteiger partial charge >= 0.3 is 0 Å². The van der Waals surface area contributed by atoms with Gasteiger partial charge in [-0.3, -0.25) is 4.98 Å². The van der Waals surface area contributed by atoms with Crippen LogP contribution in [0.2, 0.25) is 0 Å². The Kier molecular flexibility index (Phi) is 4.44. The lowest BCUT2D eigenvalue weighted by molar-refractivity contribution is 0.407. The first kappa shape index (κ1) is 14.9. The Labute approximate surface area is 125 Å². The summed E-state index contributed by atoms with van der Waals surface area (Å²) < 4.78 is 5.41. The van der Waals surface area contributed by atoms with E-state index >= 15 is 0 Å². The molecule has 0 aliphatic carbocycles. The van der Waals surface area contributed by atoms with E-state index in [1.54, 1.807) is 7.11 Å². The molecule has 0 aliphatic heterocycles. The molecule has 1 aromatic heterocycles. The lowest BCUT2D eigenvalue weighted by Crippen LogP contribution is -2.07. The number of nitrogens with one attached hydrogen (secondary N) is 1. The van der Waals surface area contributed by atoms with Gasteiger partial charge in [-0.25, -0.2) is 0 Å². The summed E-state index contributed by atoms with van der Waals surface area (Å²) in [6.07, 6.45) is 1.81. The maximum absolute atomic E-state index is 9.24. The molecular weight excluding hydrogens is 262 g/mol. The van der Waals surface area contributed by atoms with Crippen LogP contribution < -0.4 is 10.1 Å². The highest BCUT2D eigenvalue weighted by atomic mass is 16.5. The molecule has 0 atom stereocenters. The molecule has 0 radical (unpaired) electrons. The van der Waals surface area contributed by atoms with Crippen molar-refractivity contribution in [2.75, 3.05) is 12.4 Å². The quantitative estimate of drug-likeness (QED) is 0.931. The van der Waals surface area contributed by atoms with Crippen LogP contribution in [0.15, 0.2) is 24.4 Å². The Hall–Kier alpha value is -2.54. The Bertz CT molecular complexity index is 702. The molecule has 0 amide bonds. The first-order valence-corrected chi connectivity index (χ1v) is 6.81. The average Bonchev–Trinajstić information content (AvgIpc) is 2.47. The fourth-order valence-electron chi connectivity index (χ4n) is 2.39. The molecule has 21 heavy (non-hydrogen) atoms. The second kappa shape index (κ2) is 6.27. The second-order valence-corrected chi connectivity index (χ2v) is 5.01. The summed E-state index contributed by atoms with van der Waals surface area (Å²) in [4.78, 5) is 4.45. The minimum Gasteiger partial charge on any atom is -0.496 e. The van der Waals surface area contributed by atoms with Crippen LogP contribution in [0.25, 0.3) is 0 Å². The monoisotopic (exact) mass is 281 g/mol. The highest BCUT2D eigenvalue weighted by molar-refractivity contribution is 5.60. The number of rotatable bonds is 4. The zero-order valence-electron chi connectivity index (χ0n) is 12.8. The summed E-state index contributed by atoms with van der Waals surface area (Å²) >= 11 is 0. The molecule has 0 bridgehead atoms. The van der Waals surface area contributed by atoms with E-state index in [0.717, 1.165) is 33.8 Å². The molecule has 2 rings (SSSR count). The number of pyridine rings is 1.